The second kappa shape index (κ2) is 5.59. The first kappa shape index (κ1) is 14.8. The molecule has 1 fully saturated rings. The van der Waals surface area contributed by atoms with Gasteiger partial charge in [0.05, 0.1) is 7.11 Å². The molecule has 0 radical (unpaired) electrons. The number of ether oxygens (including phenoxy) is 2. The minimum absolute atomic E-state index is 0.157. The molecule has 0 aromatic rings. The minimum Gasteiger partial charge on any atom is -0.467 e. The van der Waals surface area contributed by atoms with Crippen LogP contribution in [0.2, 0.25) is 0 Å². The number of esters is 1. The van der Waals surface area contributed by atoms with Gasteiger partial charge in [-0.25, -0.2) is 9.59 Å². The van der Waals surface area contributed by atoms with Crippen molar-refractivity contribution in [3.8, 4) is 0 Å². The van der Waals surface area contributed by atoms with Gasteiger partial charge in [-0.3, -0.25) is 4.90 Å². The zero-order chi connectivity index (χ0) is 13.9. The van der Waals surface area contributed by atoms with Crippen LogP contribution in [-0.2, 0) is 14.3 Å². The van der Waals surface area contributed by atoms with Crippen molar-refractivity contribution in [1.29, 1.82) is 0 Å². The number of nitrogens with zero attached hydrogens (tertiary/aromatic N) is 1. The molecular weight excluding hydrogens is 234 g/mol. The van der Waals surface area contributed by atoms with Crippen molar-refractivity contribution < 1.29 is 19.1 Å². The largest absolute Gasteiger partial charge is 0.467 e. The van der Waals surface area contributed by atoms with Gasteiger partial charge in [0.2, 0.25) is 0 Å². The number of rotatable bonds is 2. The highest BCUT2D eigenvalue weighted by Gasteiger charge is 2.43. The Balaban J connectivity index is 2.81. The molecule has 0 spiro atoms. The molecule has 1 rings (SSSR count). The topological polar surface area (TPSA) is 55.8 Å². The molecule has 104 valence electrons. The van der Waals surface area contributed by atoms with Gasteiger partial charge in [0.1, 0.15) is 11.6 Å². The van der Waals surface area contributed by atoms with Crippen LogP contribution in [-0.4, -0.2) is 42.3 Å². The van der Waals surface area contributed by atoms with E-state index >= 15 is 0 Å². The van der Waals surface area contributed by atoms with E-state index in [9.17, 15) is 9.59 Å². The van der Waals surface area contributed by atoms with E-state index < -0.39 is 17.7 Å². The Morgan fingerprint density at radius 2 is 1.94 bits per heavy atom. The molecule has 5 nitrogen and oxygen atoms in total. The van der Waals surface area contributed by atoms with Crippen molar-refractivity contribution in [2.75, 3.05) is 13.7 Å². The molecule has 2 atom stereocenters. The fourth-order valence-electron chi connectivity index (χ4n) is 2.25. The van der Waals surface area contributed by atoms with Crippen LogP contribution in [0, 0.1) is 5.92 Å². The van der Waals surface area contributed by atoms with Crippen LogP contribution in [0.5, 0.6) is 0 Å². The van der Waals surface area contributed by atoms with E-state index in [0.717, 1.165) is 12.8 Å². The van der Waals surface area contributed by atoms with Crippen molar-refractivity contribution in [2.45, 2.75) is 52.2 Å². The summed E-state index contributed by atoms with van der Waals surface area (Å²) in [6.07, 6.45) is 1.23. The van der Waals surface area contributed by atoms with Gasteiger partial charge < -0.3 is 9.47 Å². The molecular formula is C13H23NO4. The molecule has 5 heteroatoms. The van der Waals surface area contributed by atoms with Gasteiger partial charge in [0.15, 0.2) is 0 Å². The summed E-state index contributed by atoms with van der Waals surface area (Å²) in [5, 5.41) is 0. The van der Waals surface area contributed by atoms with E-state index in [1.54, 1.807) is 0 Å². The van der Waals surface area contributed by atoms with Crippen LogP contribution in [0.25, 0.3) is 0 Å². The molecule has 0 aromatic heterocycles. The van der Waals surface area contributed by atoms with Crippen LogP contribution in [0.15, 0.2) is 0 Å². The molecule has 0 N–H and O–H groups in total. The summed E-state index contributed by atoms with van der Waals surface area (Å²) in [5.41, 5.74) is -0.554. The van der Waals surface area contributed by atoms with Gasteiger partial charge in [-0.1, -0.05) is 13.3 Å². The predicted octanol–water partition coefficient (Wildman–Crippen LogP) is 2.20. The van der Waals surface area contributed by atoms with Crippen LogP contribution < -0.4 is 0 Å². The van der Waals surface area contributed by atoms with Gasteiger partial charge in [0, 0.05) is 6.54 Å². The third kappa shape index (κ3) is 3.37. The molecule has 1 saturated heterocycles. The van der Waals surface area contributed by atoms with E-state index in [-0.39, 0.29) is 11.9 Å². The quantitative estimate of drug-likeness (QED) is 0.712. The van der Waals surface area contributed by atoms with E-state index in [4.69, 9.17) is 9.47 Å². The number of carbonyl (C=O) groups is 2. The van der Waals surface area contributed by atoms with Crippen molar-refractivity contribution in [3.63, 3.8) is 0 Å². The standard InChI is InChI=1S/C13H23NO4/c1-6-9-7-8-14(10(9)11(15)17-5)12(16)18-13(2,3)4/h9-10H,6-8H2,1-5H3/t9-,10-/m0/s1. The number of hydrogen-bond donors (Lipinski definition) is 0. The molecule has 18 heavy (non-hydrogen) atoms. The third-order valence-corrected chi connectivity index (χ3v) is 3.12. The molecule has 1 amide bonds. The van der Waals surface area contributed by atoms with E-state index in [1.165, 1.54) is 12.0 Å². The minimum atomic E-state index is -0.554. The normalized spacial score (nSPS) is 23.9. The molecule has 0 aliphatic carbocycles. The fraction of sp³-hybridized carbons (Fsp3) is 0.846. The van der Waals surface area contributed by atoms with Gasteiger partial charge in [0.25, 0.3) is 0 Å². The lowest BCUT2D eigenvalue weighted by Gasteiger charge is -2.28. The van der Waals surface area contributed by atoms with Crippen molar-refractivity contribution in [3.05, 3.63) is 0 Å². The molecule has 0 aromatic carbocycles. The molecule has 1 aliphatic rings. The zero-order valence-electron chi connectivity index (χ0n) is 11.9. The number of carbonyl (C=O) groups excluding carboxylic acids is 2. The first-order valence-corrected chi connectivity index (χ1v) is 6.37. The highest BCUT2D eigenvalue weighted by Crippen LogP contribution is 2.29. The lowest BCUT2D eigenvalue weighted by atomic mass is 9.98. The smallest absolute Gasteiger partial charge is 0.411 e. The van der Waals surface area contributed by atoms with Gasteiger partial charge in [-0.2, -0.15) is 0 Å². The Hall–Kier alpha value is -1.26. The average molecular weight is 257 g/mol. The number of likely N-dealkylation sites (tertiary alicyclic amines) is 1. The average Bonchev–Trinajstić information content (AvgIpc) is 2.69. The maximum Gasteiger partial charge on any atom is 0.411 e. The Morgan fingerprint density at radius 1 is 1.33 bits per heavy atom. The Labute approximate surface area is 108 Å². The van der Waals surface area contributed by atoms with Gasteiger partial charge >= 0.3 is 12.1 Å². The summed E-state index contributed by atoms with van der Waals surface area (Å²) in [5.74, 6) is -0.199. The predicted molar refractivity (Wildman–Crippen MR) is 67.1 cm³/mol. The monoisotopic (exact) mass is 257 g/mol. The molecule has 1 heterocycles. The maximum absolute atomic E-state index is 12.0. The zero-order valence-corrected chi connectivity index (χ0v) is 11.9. The van der Waals surface area contributed by atoms with Crippen molar-refractivity contribution >= 4 is 12.1 Å². The van der Waals surface area contributed by atoms with Crippen LogP contribution in [0.3, 0.4) is 0 Å². The molecule has 0 unspecified atom stereocenters. The van der Waals surface area contributed by atoms with Crippen LogP contribution >= 0.6 is 0 Å². The summed E-state index contributed by atoms with van der Waals surface area (Å²) < 4.78 is 10.1. The van der Waals surface area contributed by atoms with Crippen LogP contribution in [0.4, 0.5) is 4.79 Å². The summed E-state index contributed by atoms with van der Waals surface area (Å²) in [4.78, 5) is 25.3. The SMILES string of the molecule is CC[C@H]1CCN(C(=O)OC(C)(C)C)[C@@H]1C(=O)OC. The Morgan fingerprint density at radius 3 is 2.39 bits per heavy atom. The highest BCUT2D eigenvalue weighted by molar-refractivity contribution is 5.82. The fourth-order valence-corrected chi connectivity index (χ4v) is 2.25. The Bertz CT molecular complexity index is 321. The second-order valence-corrected chi connectivity index (χ2v) is 5.60. The van der Waals surface area contributed by atoms with E-state index in [0.29, 0.717) is 6.54 Å². The first-order chi connectivity index (χ1) is 8.30. The molecule has 1 aliphatic heterocycles. The van der Waals surface area contributed by atoms with E-state index in [1.807, 2.05) is 27.7 Å². The van der Waals surface area contributed by atoms with Gasteiger partial charge in [-0.15, -0.1) is 0 Å². The van der Waals surface area contributed by atoms with Crippen molar-refractivity contribution in [2.24, 2.45) is 5.92 Å². The maximum atomic E-state index is 12.0. The molecule has 0 saturated carbocycles. The number of hydrogen-bond acceptors (Lipinski definition) is 4. The van der Waals surface area contributed by atoms with Crippen LogP contribution in [0.1, 0.15) is 40.5 Å². The summed E-state index contributed by atoms with van der Waals surface area (Å²) >= 11 is 0. The van der Waals surface area contributed by atoms with Gasteiger partial charge in [-0.05, 0) is 33.1 Å². The second-order valence-electron chi connectivity index (χ2n) is 5.60. The lowest BCUT2D eigenvalue weighted by molar-refractivity contribution is -0.147. The highest BCUT2D eigenvalue weighted by atomic mass is 16.6. The molecule has 0 bridgehead atoms. The summed E-state index contributed by atoms with van der Waals surface area (Å²) in [6, 6.07) is -0.505. The van der Waals surface area contributed by atoms with E-state index in [2.05, 4.69) is 0 Å². The third-order valence-electron chi connectivity index (χ3n) is 3.12. The summed E-state index contributed by atoms with van der Waals surface area (Å²) in [7, 11) is 1.35. The first-order valence-electron chi connectivity index (χ1n) is 6.37. The summed E-state index contributed by atoms with van der Waals surface area (Å²) in [6.45, 7) is 7.99. The number of amides is 1. The number of methoxy groups -OCH3 is 1. The Kier molecular flexibility index (Phi) is 4.59. The van der Waals surface area contributed by atoms with Crippen molar-refractivity contribution in [1.82, 2.24) is 4.90 Å². The lowest BCUT2D eigenvalue weighted by Crippen LogP contribution is -2.46.